The van der Waals surface area contributed by atoms with E-state index >= 15 is 0 Å². The Hall–Kier alpha value is -3.36. The number of hydrogen-bond donors (Lipinski definition) is 1. The van der Waals surface area contributed by atoms with Crippen molar-refractivity contribution in [2.24, 2.45) is 5.92 Å². The quantitative estimate of drug-likeness (QED) is 0.559. The molecule has 0 spiro atoms. The summed E-state index contributed by atoms with van der Waals surface area (Å²) < 4.78 is 20.2. The van der Waals surface area contributed by atoms with E-state index < -0.39 is 0 Å². The van der Waals surface area contributed by atoms with E-state index in [0.717, 1.165) is 12.1 Å². The normalized spacial score (nSPS) is 19.0. The highest BCUT2D eigenvalue weighted by molar-refractivity contribution is 5.98. The minimum atomic E-state index is -0.371. The number of likely N-dealkylation sites (N-methyl/N-ethyl adjacent to an activating group) is 1. The molecule has 1 amide bonds. The second-order valence-corrected chi connectivity index (χ2v) is 9.26. The first kappa shape index (κ1) is 24.8. The Morgan fingerprint density at radius 2 is 2.00 bits per heavy atom. The second-order valence-electron chi connectivity index (χ2n) is 9.26. The van der Waals surface area contributed by atoms with Crippen molar-refractivity contribution in [2.45, 2.75) is 32.5 Å². The van der Waals surface area contributed by atoms with Gasteiger partial charge in [0.15, 0.2) is 0 Å². The first-order chi connectivity index (χ1) is 16.9. The molecule has 4 rings (SSSR count). The third kappa shape index (κ3) is 5.83. The summed E-state index contributed by atoms with van der Waals surface area (Å²) in [6.07, 6.45) is 4.90. The van der Waals surface area contributed by atoms with E-state index in [1.807, 2.05) is 33.0 Å². The molecule has 1 aliphatic rings. The Morgan fingerprint density at radius 1 is 1.23 bits per heavy atom. The van der Waals surface area contributed by atoms with E-state index in [1.165, 1.54) is 12.1 Å². The van der Waals surface area contributed by atoms with Gasteiger partial charge in [-0.15, -0.1) is 0 Å². The Morgan fingerprint density at radius 3 is 2.71 bits per heavy atom. The van der Waals surface area contributed by atoms with Crippen LogP contribution >= 0.6 is 0 Å². The molecular weight excluding hydrogens is 447 g/mol. The minimum Gasteiger partial charge on any atom is -0.472 e. The number of aliphatic hydroxyl groups excluding tert-OH is 1. The van der Waals surface area contributed by atoms with Gasteiger partial charge in [0.05, 0.1) is 12.6 Å². The fourth-order valence-electron chi connectivity index (χ4n) is 4.32. The van der Waals surface area contributed by atoms with E-state index in [4.69, 9.17) is 4.74 Å². The molecule has 3 heterocycles. The van der Waals surface area contributed by atoms with Gasteiger partial charge in [0.25, 0.3) is 5.91 Å². The largest absolute Gasteiger partial charge is 0.472 e. The predicted octanol–water partition coefficient (Wildman–Crippen LogP) is 3.63. The van der Waals surface area contributed by atoms with Crippen LogP contribution < -0.4 is 4.74 Å². The van der Waals surface area contributed by atoms with Gasteiger partial charge in [-0.3, -0.25) is 14.7 Å². The van der Waals surface area contributed by atoms with E-state index in [0.29, 0.717) is 29.8 Å². The summed E-state index contributed by atoms with van der Waals surface area (Å²) in [5, 5.41) is 9.84. The zero-order chi connectivity index (χ0) is 24.9. The molecule has 0 radical (unpaired) electrons. The molecular formula is C27H31FN4O3. The Bertz CT molecular complexity index is 1160. The van der Waals surface area contributed by atoms with Gasteiger partial charge in [-0.1, -0.05) is 19.1 Å². The van der Waals surface area contributed by atoms with Crippen molar-refractivity contribution in [3.05, 3.63) is 78.0 Å². The second kappa shape index (κ2) is 10.9. The predicted molar refractivity (Wildman–Crippen MR) is 131 cm³/mol. The Balaban J connectivity index is 1.66. The van der Waals surface area contributed by atoms with Gasteiger partial charge in [-0.05, 0) is 55.4 Å². The molecule has 3 aromatic rings. The number of aliphatic hydroxyl groups is 1. The highest BCUT2D eigenvalue weighted by Crippen LogP contribution is 2.30. The van der Waals surface area contributed by atoms with E-state index in [-0.39, 0.29) is 42.3 Å². The lowest BCUT2D eigenvalue weighted by Crippen LogP contribution is -2.49. The molecule has 7 nitrogen and oxygen atoms in total. The smallest absolute Gasteiger partial charge is 0.259 e. The summed E-state index contributed by atoms with van der Waals surface area (Å²) in [6, 6.07) is 11.5. The molecule has 35 heavy (non-hydrogen) atoms. The third-order valence-electron chi connectivity index (χ3n) is 6.37. The molecule has 184 valence electrons. The summed E-state index contributed by atoms with van der Waals surface area (Å²) in [5.41, 5.74) is 2.70. The van der Waals surface area contributed by atoms with Crippen molar-refractivity contribution in [3.63, 3.8) is 0 Å². The number of rotatable bonds is 7. The van der Waals surface area contributed by atoms with Gasteiger partial charge in [0.1, 0.15) is 17.5 Å². The summed E-state index contributed by atoms with van der Waals surface area (Å²) in [5.74, 6) is -0.383. The number of fused-ring (bicyclic) bond motifs is 1. The van der Waals surface area contributed by atoms with Gasteiger partial charge < -0.3 is 14.7 Å². The number of carbonyl (C=O) groups is 1. The Labute approximate surface area is 205 Å². The van der Waals surface area contributed by atoms with E-state index in [2.05, 4.69) is 14.9 Å². The number of pyridine rings is 2. The van der Waals surface area contributed by atoms with Gasteiger partial charge in [-0.25, -0.2) is 9.37 Å². The fraction of sp³-hybridized carbons (Fsp3) is 0.370. The molecule has 1 aromatic carbocycles. The standard InChI is InChI=1S/C27H31FN4O3/c1-18-14-32(19(2)17-33)27(34)24-12-22(21-5-4-6-23(28)11-21)13-30-26(24)35-25(18)16-31(3)15-20-7-9-29-10-8-20/h4-13,18-19,25,33H,14-17H2,1-3H3/t18-,19+,25+/m1/s1. The number of ether oxygens (including phenoxy) is 1. The van der Waals surface area contributed by atoms with E-state index in [1.54, 1.807) is 41.7 Å². The van der Waals surface area contributed by atoms with E-state index in [9.17, 15) is 14.3 Å². The molecule has 1 N–H and O–H groups in total. The van der Waals surface area contributed by atoms with Gasteiger partial charge in [0.2, 0.25) is 5.88 Å². The zero-order valence-electron chi connectivity index (χ0n) is 20.3. The molecule has 0 unspecified atom stereocenters. The Kier molecular flexibility index (Phi) is 7.73. The van der Waals surface area contributed by atoms with Gasteiger partial charge >= 0.3 is 0 Å². The minimum absolute atomic E-state index is 0.00862. The average molecular weight is 479 g/mol. The summed E-state index contributed by atoms with van der Waals surface area (Å²) >= 11 is 0. The highest BCUT2D eigenvalue weighted by atomic mass is 19.1. The maximum Gasteiger partial charge on any atom is 0.259 e. The van der Waals surface area contributed by atoms with Crippen LogP contribution in [0.2, 0.25) is 0 Å². The molecule has 2 aromatic heterocycles. The average Bonchev–Trinajstić information content (AvgIpc) is 2.86. The maximum absolute atomic E-state index is 13.8. The van der Waals surface area contributed by atoms with Crippen LogP contribution in [-0.4, -0.2) is 69.7 Å². The van der Waals surface area contributed by atoms with Crippen LogP contribution in [0, 0.1) is 11.7 Å². The van der Waals surface area contributed by atoms with Crippen molar-refractivity contribution in [1.29, 1.82) is 0 Å². The highest BCUT2D eigenvalue weighted by Gasteiger charge is 2.34. The number of nitrogens with zero attached hydrogens (tertiary/aromatic N) is 4. The topological polar surface area (TPSA) is 78.8 Å². The maximum atomic E-state index is 13.8. The van der Waals surface area contributed by atoms with Crippen molar-refractivity contribution in [1.82, 2.24) is 19.8 Å². The number of carbonyl (C=O) groups excluding carboxylic acids is 1. The molecule has 0 saturated heterocycles. The molecule has 8 heteroatoms. The molecule has 1 aliphatic heterocycles. The first-order valence-electron chi connectivity index (χ1n) is 11.8. The monoisotopic (exact) mass is 478 g/mol. The van der Waals surface area contributed by atoms with Crippen molar-refractivity contribution in [3.8, 4) is 17.0 Å². The summed E-state index contributed by atoms with van der Waals surface area (Å²) in [4.78, 5) is 26.0. The number of aromatic nitrogens is 2. The van der Waals surface area contributed by atoms with Crippen molar-refractivity contribution >= 4 is 5.91 Å². The lowest BCUT2D eigenvalue weighted by Gasteiger charge is -2.37. The SMILES string of the molecule is C[C@@H]1CN([C@@H](C)CO)C(=O)c2cc(-c3cccc(F)c3)cnc2O[C@H]1CN(C)Cc1ccncc1. The number of amides is 1. The molecule has 0 fully saturated rings. The number of benzene rings is 1. The lowest BCUT2D eigenvalue weighted by molar-refractivity contribution is 0.0325. The molecule has 3 atom stereocenters. The van der Waals surface area contributed by atoms with Crippen LogP contribution in [0.5, 0.6) is 5.88 Å². The lowest BCUT2D eigenvalue weighted by atomic mass is 9.99. The van der Waals surface area contributed by atoms with Crippen LogP contribution in [0.1, 0.15) is 29.8 Å². The van der Waals surface area contributed by atoms with Gasteiger partial charge in [0, 0.05) is 49.7 Å². The molecule has 0 bridgehead atoms. The van der Waals surface area contributed by atoms with Crippen LogP contribution in [0.25, 0.3) is 11.1 Å². The fourth-order valence-corrected chi connectivity index (χ4v) is 4.32. The summed E-state index contributed by atoms with van der Waals surface area (Å²) in [7, 11) is 2.02. The van der Waals surface area contributed by atoms with Crippen LogP contribution in [0.4, 0.5) is 4.39 Å². The van der Waals surface area contributed by atoms with Crippen molar-refractivity contribution in [2.75, 3.05) is 26.7 Å². The van der Waals surface area contributed by atoms with Gasteiger partial charge in [-0.2, -0.15) is 0 Å². The van der Waals surface area contributed by atoms with Crippen molar-refractivity contribution < 1.29 is 19.0 Å². The van der Waals surface area contributed by atoms with Crippen LogP contribution in [0.3, 0.4) is 0 Å². The zero-order valence-corrected chi connectivity index (χ0v) is 20.3. The molecule has 0 saturated carbocycles. The summed E-state index contributed by atoms with van der Waals surface area (Å²) in [6.45, 7) is 5.48. The van der Waals surface area contributed by atoms with Crippen LogP contribution in [0.15, 0.2) is 61.1 Å². The van der Waals surface area contributed by atoms with Crippen LogP contribution in [-0.2, 0) is 6.54 Å². The third-order valence-corrected chi connectivity index (χ3v) is 6.37. The first-order valence-corrected chi connectivity index (χ1v) is 11.8. The number of halogens is 1. The molecule has 0 aliphatic carbocycles. The number of hydrogen-bond acceptors (Lipinski definition) is 6.